The van der Waals surface area contributed by atoms with E-state index in [0.717, 1.165) is 202 Å². The normalized spacial score (nSPS) is 22.5. The van der Waals surface area contributed by atoms with E-state index in [1.165, 1.54) is 62.6 Å². The second-order valence-corrected chi connectivity index (χ2v) is 39.7. The number of nitrogens with one attached hydrogen (secondary N) is 4. The molecule has 128 heavy (non-hydrogen) atoms. The van der Waals surface area contributed by atoms with Gasteiger partial charge in [-0.1, -0.05) is 41.5 Å². The van der Waals surface area contributed by atoms with E-state index in [9.17, 15) is 47.3 Å². The number of carbonyl (C=O) groups is 3. The van der Waals surface area contributed by atoms with Crippen LogP contribution >= 0.6 is 0 Å². The highest BCUT2D eigenvalue weighted by Crippen LogP contribution is 2.69. The predicted octanol–water partition coefficient (Wildman–Crippen LogP) is 24.9. The van der Waals surface area contributed by atoms with Crippen LogP contribution in [0.1, 0.15) is 246 Å². The molecule has 24 heteroatoms. The summed E-state index contributed by atoms with van der Waals surface area (Å²) in [5.41, 5.74) is 24.8. The average molecular weight is 1730 g/mol. The lowest BCUT2D eigenvalue weighted by atomic mass is 9.47. The van der Waals surface area contributed by atoms with E-state index in [4.69, 9.17) is 4.74 Å². The Balaban J connectivity index is 0.000000108. The van der Waals surface area contributed by atoms with E-state index in [1.54, 1.807) is 25.1 Å². The number of aromatic amines is 4. The van der Waals surface area contributed by atoms with Crippen LogP contribution in [-0.2, 0) is 19.1 Å². The summed E-state index contributed by atoms with van der Waals surface area (Å²) >= 11 is 0. The Morgan fingerprint density at radius 3 is 1.23 bits per heavy atom. The molecule has 8 aromatic heterocycles. The highest BCUT2D eigenvalue weighted by atomic mass is 19.1. The number of aryl methyl sites for hydroxylation is 6. The lowest BCUT2D eigenvalue weighted by molar-refractivity contribution is -0.156. The van der Waals surface area contributed by atoms with Gasteiger partial charge in [-0.15, -0.1) is 0 Å². The standard InChI is InChI=1S/C28H29F2N3O2.2C28H30FN3O2.C20H18FN3O/c1-13(2)26-22(16-9-28(10-16)11-17(12-28)27(34)35)23-21(8-19-15(4)31-32-25(19)24(23)30)33(26)18-5-6-20(29)14(3)7-18;2*1-14(2)26-25(17-10-28(11-17)12-18(13-28)27(33)34)21-8-23-20(16(4)30-31-23)9-24(21)32(26)19-5-6-22(29)15(3)7-19;21-16-1-3-17(4-2-16)24-19(13-5-7-25-8-6-13)10-14-9-18-15(11-20(14)24)12-22-23-18/h5-8,13,16-17H,9-12H2,1-4H3,(H,31,32)(H,34,35);2*5-9,14,17-18H,10-13H2,1-4H3,(H,30,31)(H,33,34);1-4,9-13H,5-8H2,(H,22,23). The lowest BCUT2D eigenvalue weighted by Gasteiger charge is -2.57. The fraction of sp³-hybridized carbons (Fsp3) is 0.394. The summed E-state index contributed by atoms with van der Waals surface area (Å²) in [6.07, 6.45) is 14.4. The van der Waals surface area contributed by atoms with E-state index in [2.05, 4.69) is 143 Å². The molecule has 8 aromatic carbocycles. The van der Waals surface area contributed by atoms with Gasteiger partial charge in [0, 0.05) is 125 Å². The number of benzene rings is 8. The van der Waals surface area contributed by atoms with E-state index in [1.807, 2.05) is 89.3 Å². The monoisotopic (exact) mass is 1730 g/mol. The summed E-state index contributed by atoms with van der Waals surface area (Å²) in [7, 11) is 0. The Hall–Kier alpha value is -12.2. The van der Waals surface area contributed by atoms with Crippen LogP contribution in [0.5, 0.6) is 0 Å². The number of aliphatic carboxylic acids is 3. The summed E-state index contributed by atoms with van der Waals surface area (Å²) in [5, 5.41) is 65.9. The number of rotatable bonds is 14. The van der Waals surface area contributed by atoms with Gasteiger partial charge in [-0.25, -0.2) is 22.0 Å². The highest BCUT2D eigenvalue weighted by Gasteiger charge is 2.59. The van der Waals surface area contributed by atoms with Gasteiger partial charge in [0.1, 0.15) is 28.8 Å². The Bertz CT molecular complexity index is 6960. The number of hydrogen-bond acceptors (Lipinski definition) is 8. The van der Waals surface area contributed by atoms with Gasteiger partial charge in [-0.05, 0) is 344 Å². The molecular weight excluding hydrogens is 1620 g/mol. The molecular formula is C104H107F5N12O7. The SMILES string of the molecule is Cc1cc(-n2c(C(C)C)c(C3CC4(CC(C(=O)O)C4)C3)c3c(F)c4n[nH]c(C)c4cc32)ccc1F.Cc1cc(-n2c(C(C)C)c(C3CC4(CC(C(=O)O)C4)C3)c3cc4n[nH]c(C)c4cc32)ccc1F.Cc1cc(-n2c(C(C)C)c(C3CC4(CC(C(=O)O)C4)C3)c3cc4n[nH]c(C)c4cc32)ccc1F.Fc1ccc(-n2c(C3CCOCC3)cc3cc4[nH]ncc4cc32)cc1. The zero-order valence-corrected chi connectivity index (χ0v) is 74.2. The Morgan fingerprint density at radius 1 is 0.406 bits per heavy atom. The summed E-state index contributed by atoms with van der Waals surface area (Å²) in [6.45, 7) is 26.0. The maximum atomic E-state index is 16.2. The predicted molar refractivity (Wildman–Crippen MR) is 489 cm³/mol. The number of halogens is 5. The van der Waals surface area contributed by atoms with E-state index < -0.39 is 17.9 Å². The maximum Gasteiger partial charge on any atom is 0.306 e. The molecule has 0 unspecified atom stereocenters. The molecule has 0 atom stereocenters. The molecule has 7 fully saturated rings. The topological polar surface area (TPSA) is 256 Å². The van der Waals surface area contributed by atoms with E-state index in [-0.39, 0.29) is 86.8 Å². The number of aromatic nitrogens is 12. The van der Waals surface area contributed by atoms with Crippen molar-refractivity contribution in [2.75, 3.05) is 13.2 Å². The van der Waals surface area contributed by atoms with Gasteiger partial charge >= 0.3 is 17.9 Å². The van der Waals surface area contributed by atoms with Gasteiger partial charge in [-0.2, -0.15) is 20.4 Å². The van der Waals surface area contributed by atoms with Gasteiger partial charge in [0.15, 0.2) is 5.82 Å². The van der Waals surface area contributed by atoms with Crippen molar-refractivity contribution in [1.29, 1.82) is 0 Å². The number of hydrogen-bond donors (Lipinski definition) is 7. The van der Waals surface area contributed by atoms with Gasteiger partial charge in [0.2, 0.25) is 0 Å². The Kier molecular flexibility index (Phi) is 20.6. The van der Waals surface area contributed by atoms with Crippen molar-refractivity contribution in [2.24, 2.45) is 34.0 Å². The minimum absolute atomic E-state index is 0.0619. The van der Waals surface area contributed by atoms with Crippen LogP contribution in [0, 0.1) is 105 Å². The van der Waals surface area contributed by atoms with E-state index >= 15 is 4.39 Å². The minimum atomic E-state index is -0.715. The summed E-state index contributed by atoms with van der Waals surface area (Å²) < 4.78 is 86.6. The number of ether oxygens (including phenoxy) is 1. The molecule has 19 nitrogen and oxygen atoms in total. The third-order valence-corrected chi connectivity index (χ3v) is 30.2. The third kappa shape index (κ3) is 14.0. The van der Waals surface area contributed by atoms with Crippen LogP contribution in [0.25, 0.3) is 110 Å². The molecule has 660 valence electrons. The number of H-pyrrole nitrogens is 4. The molecule has 7 aliphatic rings. The number of fused-ring (bicyclic) bond motifs is 8. The molecule has 0 radical (unpaired) electrons. The van der Waals surface area contributed by atoms with Crippen LogP contribution in [-0.4, -0.2) is 105 Å². The molecule has 6 saturated carbocycles. The van der Waals surface area contributed by atoms with Crippen molar-refractivity contribution in [2.45, 2.75) is 214 Å². The van der Waals surface area contributed by atoms with Crippen LogP contribution in [0.4, 0.5) is 22.0 Å². The first kappa shape index (κ1) is 84.0. The summed E-state index contributed by atoms with van der Waals surface area (Å²) in [5.74, 6) is -1.81. The molecule has 16 aromatic rings. The molecule has 1 saturated heterocycles. The fourth-order valence-electron chi connectivity index (χ4n) is 24.0. The van der Waals surface area contributed by atoms with Crippen LogP contribution in [0.2, 0.25) is 0 Å². The fourth-order valence-corrected chi connectivity index (χ4v) is 24.0. The second kappa shape index (κ2) is 31.4. The summed E-state index contributed by atoms with van der Waals surface area (Å²) in [4.78, 5) is 34.1. The van der Waals surface area contributed by atoms with Gasteiger partial charge in [0.25, 0.3) is 0 Å². The number of nitrogens with zero attached hydrogens (tertiary/aromatic N) is 8. The van der Waals surface area contributed by atoms with Gasteiger partial charge in [-0.3, -0.25) is 34.8 Å². The highest BCUT2D eigenvalue weighted by molar-refractivity contribution is 6.04. The Morgan fingerprint density at radius 2 is 0.805 bits per heavy atom. The van der Waals surface area contributed by atoms with Crippen molar-refractivity contribution in [3.63, 3.8) is 0 Å². The van der Waals surface area contributed by atoms with Crippen molar-refractivity contribution >= 4 is 105 Å². The first-order valence-corrected chi connectivity index (χ1v) is 45.3. The van der Waals surface area contributed by atoms with Crippen molar-refractivity contribution in [3.8, 4) is 22.7 Å². The van der Waals surface area contributed by atoms with Crippen LogP contribution in [0.15, 0.2) is 134 Å². The number of carboxylic acids is 3. The number of carboxylic acid groups (broad SMARTS) is 3. The first-order chi connectivity index (χ1) is 61.2. The zero-order chi connectivity index (χ0) is 89.5. The lowest BCUT2D eigenvalue weighted by Crippen LogP contribution is -2.49. The zero-order valence-electron chi connectivity index (χ0n) is 74.2. The molecule has 6 aliphatic carbocycles. The maximum absolute atomic E-state index is 16.2. The first-order valence-electron chi connectivity index (χ1n) is 45.3. The van der Waals surface area contributed by atoms with Crippen LogP contribution < -0.4 is 0 Å². The largest absolute Gasteiger partial charge is 0.481 e. The van der Waals surface area contributed by atoms with Gasteiger partial charge in [0.05, 0.1) is 62.6 Å². The van der Waals surface area contributed by atoms with E-state index in [0.29, 0.717) is 58.2 Å². The molecule has 23 rings (SSSR count). The third-order valence-electron chi connectivity index (χ3n) is 30.2. The van der Waals surface area contributed by atoms with Crippen molar-refractivity contribution in [1.82, 2.24) is 59.1 Å². The molecule has 0 amide bonds. The summed E-state index contributed by atoms with van der Waals surface area (Å²) in [6, 6.07) is 39.9. The molecule has 3 spiro atoms. The Labute approximate surface area is 736 Å². The quantitative estimate of drug-likeness (QED) is 0.0504. The molecule has 9 heterocycles. The van der Waals surface area contributed by atoms with Gasteiger partial charge < -0.3 is 38.3 Å². The average Bonchev–Trinajstić information content (AvgIpc) is 1.59. The second-order valence-electron chi connectivity index (χ2n) is 39.7. The molecule has 7 N–H and O–H groups in total. The molecule has 0 bridgehead atoms. The van der Waals surface area contributed by atoms with Crippen molar-refractivity contribution in [3.05, 3.63) is 236 Å². The van der Waals surface area contributed by atoms with Crippen molar-refractivity contribution < 1.29 is 56.4 Å². The molecule has 1 aliphatic heterocycles. The minimum Gasteiger partial charge on any atom is -0.481 e. The van der Waals surface area contributed by atoms with Crippen LogP contribution in [0.3, 0.4) is 0 Å². The smallest absolute Gasteiger partial charge is 0.306 e.